The van der Waals surface area contributed by atoms with Crippen LogP contribution < -0.4 is 15.4 Å². The first-order valence-electron chi connectivity index (χ1n) is 7.83. The smallest absolute Gasteiger partial charge is 0.225 e. The van der Waals surface area contributed by atoms with Crippen molar-refractivity contribution in [1.82, 2.24) is 4.98 Å². The fourth-order valence-corrected chi connectivity index (χ4v) is 3.58. The first kappa shape index (κ1) is 16.4. The molecule has 2 heterocycles. The number of carbonyl (C=O) groups is 2. The Kier molecular flexibility index (Phi) is 4.80. The molecule has 0 aliphatic carbocycles. The lowest BCUT2D eigenvalue weighted by Gasteiger charge is -2.26. The standard InChI is InChI=1S/C17H19N3O3S/c1-3-4-15(21)20-13-7-10-11(17-18-5-6-24-17)8-16(22)19-12(10)9-14(13)23-2/h5-7,9,11H,3-4,8H2,1-2H3,(H,19,22)(H,20,21)/t11-/m1/s1. The number of amides is 2. The predicted octanol–water partition coefficient (Wildman–Crippen LogP) is 3.36. The number of methoxy groups -OCH3 is 1. The highest BCUT2D eigenvalue weighted by molar-refractivity contribution is 7.09. The van der Waals surface area contributed by atoms with Crippen LogP contribution in [0.25, 0.3) is 0 Å². The number of hydrogen-bond donors (Lipinski definition) is 2. The number of ether oxygens (including phenoxy) is 1. The normalized spacial score (nSPS) is 16.2. The van der Waals surface area contributed by atoms with E-state index in [9.17, 15) is 9.59 Å². The number of carbonyl (C=O) groups excluding carboxylic acids is 2. The summed E-state index contributed by atoms with van der Waals surface area (Å²) in [6.07, 6.45) is 3.30. The molecule has 6 nitrogen and oxygen atoms in total. The largest absolute Gasteiger partial charge is 0.494 e. The molecule has 1 aliphatic heterocycles. The number of anilines is 2. The third-order valence-corrected chi connectivity index (χ3v) is 4.80. The van der Waals surface area contributed by atoms with Gasteiger partial charge in [0.05, 0.1) is 12.8 Å². The van der Waals surface area contributed by atoms with E-state index in [1.165, 1.54) is 11.3 Å². The zero-order valence-electron chi connectivity index (χ0n) is 13.6. The topological polar surface area (TPSA) is 80.3 Å². The molecule has 0 radical (unpaired) electrons. The minimum atomic E-state index is -0.110. The lowest BCUT2D eigenvalue weighted by atomic mass is 9.90. The van der Waals surface area contributed by atoms with Gasteiger partial charge in [-0.15, -0.1) is 11.3 Å². The summed E-state index contributed by atoms with van der Waals surface area (Å²) in [4.78, 5) is 28.4. The molecule has 0 bridgehead atoms. The SMILES string of the molecule is CCCC(=O)Nc1cc2c(cc1OC)NC(=O)C[C@H]2c1nccs1. The molecule has 1 aromatic carbocycles. The van der Waals surface area contributed by atoms with Gasteiger partial charge in [-0.1, -0.05) is 6.92 Å². The van der Waals surface area contributed by atoms with Gasteiger partial charge in [-0.25, -0.2) is 4.98 Å². The highest BCUT2D eigenvalue weighted by atomic mass is 32.1. The Morgan fingerprint density at radius 1 is 1.50 bits per heavy atom. The highest BCUT2D eigenvalue weighted by Gasteiger charge is 2.29. The lowest BCUT2D eigenvalue weighted by Crippen LogP contribution is -2.24. The van der Waals surface area contributed by atoms with Gasteiger partial charge in [0, 0.05) is 42.1 Å². The van der Waals surface area contributed by atoms with Crippen molar-refractivity contribution in [3.63, 3.8) is 0 Å². The van der Waals surface area contributed by atoms with E-state index >= 15 is 0 Å². The molecule has 0 unspecified atom stereocenters. The van der Waals surface area contributed by atoms with E-state index in [4.69, 9.17) is 4.74 Å². The monoisotopic (exact) mass is 345 g/mol. The zero-order chi connectivity index (χ0) is 17.1. The minimum absolute atomic E-state index is 0.0486. The van der Waals surface area contributed by atoms with Gasteiger partial charge in [0.15, 0.2) is 0 Å². The Morgan fingerprint density at radius 3 is 3.00 bits per heavy atom. The summed E-state index contributed by atoms with van der Waals surface area (Å²) in [5.41, 5.74) is 2.27. The molecule has 2 amide bonds. The average Bonchev–Trinajstić information content (AvgIpc) is 3.08. The molecule has 1 aliphatic rings. The number of hydrogen-bond acceptors (Lipinski definition) is 5. The molecule has 2 aromatic rings. The Labute approximate surface area is 144 Å². The Bertz CT molecular complexity index is 759. The zero-order valence-corrected chi connectivity index (χ0v) is 14.4. The van der Waals surface area contributed by atoms with Crippen molar-refractivity contribution in [2.75, 3.05) is 17.7 Å². The van der Waals surface area contributed by atoms with Crippen LogP contribution in [0.5, 0.6) is 5.75 Å². The molecule has 0 saturated carbocycles. The van der Waals surface area contributed by atoms with Crippen LogP contribution in [0.4, 0.5) is 11.4 Å². The van der Waals surface area contributed by atoms with E-state index in [1.54, 1.807) is 19.4 Å². The van der Waals surface area contributed by atoms with Crippen molar-refractivity contribution in [1.29, 1.82) is 0 Å². The first-order valence-corrected chi connectivity index (χ1v) is 8.71. The van der Waals surface area contributed by atoms with E-state index in [-0.39, 0.29) is 17.7 Å². The maximum absolute atomic E-state index is 12.0. The van der Waals surface area contributed by atoms with E-state index < -0.39 is 0 Å². The number of thiazole rings is 1. The molecule has 126 valence electrons. The third-order valence-electron chi connectivity index (χ3n) is 3.91. The highest BCUT2D eigenvalue weighted by Crippen LogP contribution is 2.42. The van der Waals surface area contributed by atoms with Gasteiger partial charge >= 0.3 is 0 Å². The van der Waals surface area contributed by atoms with Crippen molar-refractivity contribution >= 4 is 34.5 Å². The number of nitrogens with zero attached hydrogens (tertiary/aromatic N) is 1. The van der Waals surface area contributed by atoms with Crippen LogP contribution in [0.1, 0.15) is 42.7 Å². The lowest BCUT2D eigenvalue weighted by molar-refractivity contribution is -0.117. The van der Waals surface area contributed by atoms with Crippen LogP contribution in [0.2, 0.25) is 0 Å². The minimum Gasteiger partial charge on any atom is -0.494 e. The second-order valence-corrected chi connectivity index (χ2v) is 6.54. The van der Waals surface area contributed by atoms with Gasteiger partial charge in [-0.3, -0.25) is 9.59 Å². The average molecular weight is 345 g/mol. The number of nitrogens with one attached hydrogen (secondary N) is 2. The number of benzene rings is 1. The van der Waals surface area contributed by atoms with Crippen LogP contribution >= 0.6 is 11.3 Å². The summed E-state index contributed by atoms with van der Waals surface area (Å²) >= 11 is 1.52. The quantitative estimate of drug-likeness (QED) is 0.871. The van der Waals surface area contributed by atoms with Gasteiger partial charge < -0.3 is 15.4 Å². The predicted molar refractivity (Wildman–Crippen MR) is 93.7 cm³/mol. The molecular weight excluding hydrogens is 326 g/mol. The summed E-state index contributed by atoms with van der Waals surface area (Å²) in [6, 6.07) is 3.64. The summed E-state index contributed by atoms with van der Waals surface area (Å²) in [5.74, 6) is 0.314. The molecule has 0 fully saturated rings. The van der Waals surface area contributed by atoms with E-state index in [0.717, 1.165) is 17.0 Å². The van der Waals surface area contributed by atoms with Crippen molar-refractivity contribution in [3.8, 4) is 5.75 Å². The summed E-state index contributed by atoms with van der Waals surface area (Å²) in [5, 5.41) is 8.56. The van der Waals surface area contributed by atoms with E-state index in [1.807, 2.05) is 18.4 Å². The molecular formula is C17H19N3O3S. The Balaban J connectivity index is 2.03. The number of aromatic nitrogens is 1. The first-order chi connectivity index (χ1) is 11.6. The molecule has 0 spiro atoms. The van der Waals surface area contributed by atoms with Gasteiger partial charge in [0.2, 0.25) is 11.8 Å². The number of fused-ring (bicyclic) bond motifs is 1. The Morgan fingerprint density at radius 2 is 2.33 bits per heavy atom. The van der Waals surface area contributed by atoms with Crippen molar-refractivity contribution in [2.24, 2.45) is 0 Å². The summed E-state index contributed by atoms with van der Waals surface area (Å²) in [7, 11) is 1.54. The number of rotatable bonds is 5. The van der Waals surface area contributed by atoms with Crippen LogP contribution in [0.15, 0.2) is 23.7 Å². The van der Waals surface area contributed by atoms with Crippen molar-refractivity contribution in [3.05, 3.63) is 34.3 Å². The second kappa shape index (κ2) is 7.00. The van der Waals surface area contributed by atoms with Gasteiger partial charge in [-0.2, -0.15) is 0 Å². The van der Waals surface area contributed by atoms with Crippen LogP contribution in [-0.2, 0) is 9.59 Å². The summed E-state index contributed by atoms with van der Waals surface area (Å²) in [6.45, 7) is 1.96. The third kappa shape index (κ3) is 3.26. The molecule has 24 heavy (non-hydrogen) atoms. The van der Waals surface area contributed by atoms with Crippen LogP contribution in [0, 0.1) is 0 Å². The summed E-state index contributed by atoms with van der Waals surface area (Å²) < 4.78 is 5.37. The molecule has 3 rings (SSSR count). The van der Waals surface area contributed by atoms with Crippen molar-refractivity contribution < 1.29 is 14.3 Å². The molecule has 1 aromatic heterocycles. The van der Waals surface area contributed by atoms with Crippen LogP contribution in [0.3, 0.4) is 0 Å². The molecule has 0 saturated heterocycles. The van der Waals surface area contributed by atoms with E-state index in [2.05, 4.69) is 15.6 Å². The van der Waals surface area contributed by atoms with Gasteiger partial charge in [0.1, 0.15) is 10.8 Å². The fourth-order valence-electron chi connectivity index (χ4n) is 2.82. The van der Waals surface area contributed by atoms with Gasteiger partial charge in [0.25, 0.3) is 0 Å². The van der Waals surface area contributed by atoms with Gasteiger partial charge in [-0.05, 0) is 18.1 Å². The maximum atomic E-state index is 12.0. The molecule has 1 atom stereocenters. The molecule has 2 N–H and O–H groups in total. The van der Waals surface area contributed by atoms with Crippen LogP contribution in [-0.4, -0.2) is 23.9 Å². The maximum Gasteiger partial charge on any atom is 0.225 e. The Hall–Kier alpha value is -2.41. The molecule has 7 heteroatoms. The van der Waals surface area contributed by atoms with E-state index in [0.29, 0.717) is 30.0 Å². The second-order valence-electron chi connectivity index (χ2n) is 5.61. The fraction of sp³-hybridized carbons (Fsp3) is 0.353. The van der Waals surface area contributed by atoms with Crippen molar-refractivity contribution in [2.45, 2.75) is 32.1 Å².